The number of nitrogens with zero attached hydrogens (tertiary/aromatic N) is 1. The van der Waals surface area contributed by atoms with Crippen molar-refractivity contribution in [2.45, 2.75) is 33.4 Å². The number of benzene rings is 1. The minimum absolute atomic E-state index is 0.0159. The average molecular weight is 278 g/mol. The first kappa shape index (κ1) is 14.5. The van der Waals surface area contributed by atoms with Crippen molar-refractivity contribution in [2.75, 3.05) is 6.54 Å². The van der Waals surface area contributed by atoms with Gasteiger partial charge in [0.15, 0.2) is 5.76 Å². The molecule has 2 rings (SSSR count). The van der Waals surface area contributed by atoms with E-state index in [4.69, 9.17) is 9.26 Å². The van der Waals surface area contributed by atoms with Gasteiger partial charge in [-0.1, -0.05) is 12.1 Å². The third-order valence-electron chi connectivity index (χ3n) is 3.00. The second-order valence-electron chi connectivity index (χ2n) is 4.68. The molecule has 108 valence electrons. The van der Waals surface area contributed by atoms with Crippen LogP contribution in [0.4, 0.5) is 4.39 Å². The summed E-state index contributed by atoms with van der Waals surface area (Å²) in [4.78, 5) is 0. The Balaban J connectivity index is 2.13. The van der Waals surface area contributed by atoms with Gasteiger partial charge in [-0.2, -0.15) is 0 Å². The fraction of sp³-hybridized carbons (Fsp3) is 0.400. The van der Waals surface area contributed by atoms with E-state index >= 15 is 0 Å². The normalized spacial score (nSPS) is 12.4. The minimum Gasteiger partial charge on any atom is -0.485 e. The van der Waals surface area contributed by atoms with Gasteiger partial charge in [-0.3, -0.25) is 0 Å². The van der Waals surface area contributed by atoms with E-state index in [0.717, 1.165) is 17.8 Å². The van der Waals surface area contributed by atoms with Gasteiger partial charge >= 0.3 is 0 Å². The fourth-order valence-corrected chi connectivity index (χ4v) is 2.04. The summed E-state index contributed by atoms with van der Waals surface area (Å²) in [7, 11) is 0. The van der Waals surface area contributed by atoms with Gasteiger partial charge < -0.3 is 14.6 Å². The van der Waals surface area contributed by atoms with Crippen molar-refractivity contribution in [1.82, 2.24) is 10.5 Å². The SMILES string of the molecule is CCNC(C)c1cc(F)ccc1OCc1cc(C)no1. The molecule has 1 aromatic heterocycles. The Kier molecular flexibility index (Phi) is 4.74. The van der Waals surface area contributed by atoms with E-state index < -0.39 is 0 Å². The number of ether oxygens (including phenoxy) is 1. The van der Waals surface area contributed by atoms with Crippen LogP contribution in [0.3, 0.4) is 0 Å². The molecule has 1 N–H and O–H groups in total. The zero-order valence-electron chi connectivity index (χ0n) is 11.9. The van der Waals surface area contributed by atoms with Crippen molar-refractivity contribution >= 4 is 0 Å². The van der Waals surface area contributed by atoms with Crippen LogP contribution >= 0.6 is 0 Å². The Bertz CT molecular complexity index is 569. The lowest BCUT2D eigenvalue weighted by Gasteiger charge is -2.17. The molecule has 0 aliphatic rings. The number of aryl methyl sites for hydroxylation is 1. The van der Waals surface area contributed by atoms with Crippen LogP contribution in [-0.4, -0.2) is 11.7 Å². The van der Waals surface area contributed by atoms with Crippen molar-refractivity contribution in [3.05, 3.63) is 47.1 Å². The summed E-state index contributed by atoms with van der Waals surface area (Å²) in [5, 5.41) is 7.05. The molecule has 1 atom stereocenters. The van der Waals surface area contributed by atoms with Gasteiger partial charge in [-0.15, -0.1) is 0 Å². The number of nitrogens with one attached hydrogen (secondary N) is 1. The molecule has 0 radical (unpaired) electrons. The van der Waals surface area contributed by atoms with Crippen LogP contribution in [0.5, 0.6) is 5.75 Å². The third kappa shape index (κ3) is 3.57. The summed E-state index contributed by atoms with van der Waals surface area (Å²) < 4.78 is 24.2. The Hall–Kier alpha value is -1.88. The number of hydrogen-bond acceptors (Lipinski definition) is 4. The predicted molar refractivity (Wildman–Crippen MR) is 74.1 cm³/mol. The van der Waals surface area contributed by atoms with Gasteiger partial charge in [0.2, 0.25) is 0 Å². The maximum Gasteiger partial charge on any atom is 0.174 e. The molecule has 0 saturated carbocycles. The highest BCUT2D eigenvalue weighted by molar-refractivity contribution is 5.36. The Morgan fingerprint density at radius 1 is 1.40 bits per heavy atom. The highest BCUT2D eigenvalue weighted by Gasteiger charge is 2.13. The lowest BCUT2D eigenvalue weighted by molar-refractivity contribution is 0.245. The zero-order chi connectivity index (χ0) is 14.5. The molecule has 20 heavy (non-hydrogen) atoms. The van der Waals surface area contributed by atoms with Crippen molar-refractivity contribution in [3.8, 4) is 5.75 Å². The summed E-state index contributed by atoms with van der Waals surface area (Å²) in [5.41, 5.74) is 1.60. The van der Waals surface area contributed by atoms with Gasteiger partial charge in [-0.25, -0.2) is 4.39 Å². The first-order valence-corrected chi connectivity index (χ1v) is 6.68. The summed E-state index contributed by atoms with van der Waals surface area (Å²) in [6.07, 6.45) is 0. The van der Waals surface area contributed by atoms with E-state index in [0.29, 0.717) is 11.5 Å². The fourth-order valence-electron chi connectivity index (χ4n) is 2.04. The summed E-state index contributed by atoms with van der Waals surface area (Å²) >= 11 is 0. The standard InChI is InChI=1S/C15H19FN2O2/c1-4-17-11(3)14-8-12(16)5-6-15(14)19-9-13-7-10(2)18-20-13/h5-8,11,17H,4,9H2,1-3H3. The molecular formula is C15H19FN2O2. The van der Waals surface area contributed by atoms with Gasteiger partial charge in [-0.05, 0) is 38.6 Å². The van der Waals surface area contributed by atoms with E-state index in [-0.39, 0.29) is 18.5 Å². The number of halogens is 1. The van der Waals surface area contributed by atoms with Gasteiger partial charge in [0.05, 0.1) is 5.69 Å². The number of hydrogen-bond donors (Lipinski definition) is 1. The summed E-state index contributed by atoms with van der Waals surface area (Å²) in [6.45, 7) is 6.91. The summed E-state index contributed by atoms with van der Waals surface area (Å²) in [6, 6.07) is 6.36. The first-order chi connectivity index (χ1) is 9.60. The molecule has 2 aromatic rings. The van der Waals surface area contributed by atoms with Crippen molar-refractivity contribution in [2.24, 2.45) is 0 Å². The molecule has 0 bridgehead atoms. The molecule has 0 amide bonds. The van der Waals surface area contributed by atoms with Crippen molar-refractivity contribution in [1.29, 1.82) is 0 Å². The molecule has 1 heterocycles. The van der Waals surface area contributed by atoms with Gasteiger partial charge in [0.1, 0.15) is 18.2 Å². The second kappa shape index (κ2) is 6.52. The molecule has 0 aliphatic carbocycles. The van der Waals surface area contributed by atoms with E-state index in [2.05, 4.69) is 10.5 Å². The first-order valence-electron chi connectivity index (χ1n) is 6.68. The molecule has 0 saturated heterocycles. The van der Waals surface area contributed by atoms with Crippen LogP contribution in [0.1, 0.15) is 36.9 Å². The zero-order valence-corrected chi connectivity index (χ0v) is 11.9. The Morgan fingerprint density at radius 2 is 2.20 bits per heavy atom. The second-order valence-corrected chi connectivity index (χ2v) is 4.68. The van der Waals surface area contributed by atoms with Crippen LogP contribution in [0.2, 0.25) is 0 Å². The average Bonchev–Trinajstić information content (AvgIpc) is 2.83. The number of rotatable bonds is 6. The van der Waals surface area contributed by atoms with Crippen LogP contribution in [0.25, 0.3) is 0 Å². The summed E-state index contributed by atoms with van der Waals surface area (Å²) in [5.74, 6) is 1.02. The lowest BCUT2D eigenvalue weighted by Crippen LogP contribution is -2.18. The predicted octanol–water partition coefficient (Wildman–Crippen LogP) is 3.37. The molecule has 5 heteroatoms. The van der Waals surface area contributed by atoms with E-state index in [1.807, 2.05) is 26.8 Å². The molecule has 0 spiro atoms. The lowest BCUT2D eigenvalue weighted by atomic mass is 10.1. The van der Waals surface area contributed by atoms with E-state index in [9.17, 15) is 4.39 Å². The molecule has 1 unspecified atom stereocenters. The van der Waals surface area contributed by atoms with Crippen LogP contribution < -0.4 is 10.1 Å². The molecule has 4 nitrogen and oxygen atoms in total. The topological polar surface area (TPSA) is 47.3 Å². The van der Waals surface area contributed by atoms with Gasteiger partial charge in [0, 0.05) is 17.7 Å². The van der Waals surface area contributed by atoms with Crippen LogP contribution in [-0.2, 0) is 6.61 Å². The molecule has 0 fully saturated rings. The quantitative estimate of drug-likeness (QED) is 0.880. The molecule has 1 aromatic carbocycles. The van der Waals surface area contributed by atoms with Crippen LogP contribution in [0.15, 0.2) is 28.8 Å². The van der Waals surface area contributed by atoms with Crippen LogP contribution in [0, 0.1) is 12.7 Å². The third-order valence-corrected chi connectivity index (χ3v) is 3.00. The monoisotopic (exact) mass is 278 g/mol. The highest BCUT2D eigenvalue weighted by atomic mass is 19.1. The van der Waals surface area contributed by atoms with Crippen molar-refractivity contribution in [3.63, 3.8) is 0 Å². The smallest absolute Gasteiger partial charge is 0.174 e. The highest BCUT2D eigenvalue weighted by Crippen LogP contribution is 2.27. The number of aromatic nitrogens is 1. The van der Waals surface area contributed by atoms with E-state index in [1.165, 1.54) is 12.1 Å². The minimum atomic E-state index is -0.271. The maximum absolute atomic E-state index is 13.4. The van der Waals surface area contributed by atoms with Crippen molar-refractivity contribution < 1.29 is 13.7 Å². The molecular weight excluding hydrogens is 259 g/mol. The van der Waals surface area contributed by atoms with E-state index in [1.54, 1.807) is 6.07 Å². The van der Waals surface area contributed by atoms with Gasteiger partial charge in [0.25, 0.3) is 0 Å². The molecule has 0 aliphatic heterocycles. The Labute approximate surface area is 117 Å². The Morgan fingerprint density at radius 3 is 2.85 bits per heavy atom. The maximum atomic E-state index is 13.4. The largest absolute Gasteiger partial charge is 0.485 e.